The van der Waals surface area contributed by atoms with E-state index in [4.69, 9.17) is 5.21 Å². The van der Waals surface area contributed by atoms with Gasteiger partial charge in [-0.15, -0.1) is 0 Å². The van der Waals surface area contributed by atoms with E-state index in [1.807, 2.05) is 0 Å². The van der Waals surface area contributed by atoms with Crippen LogP contribution in [0.1, 0.15) is 34.3 Å². The van der Waals surface area contributed by atoms with Gasteiger partial charge in [0.15, 0.2) is 0 Å². The Morgan fingerprint density at radius 1 is 1.29 bits per heavy atom. The second kappa shape index (κ2) is 5.77. The van der Waals surface area contributed by atoms with E-state index in [1.54, 1.807) is 23.7 Å². The van der Waals surface area contributed by atoms with Crippen LogP contribution in [0, 0.1) is 5.41 Å². The SMILES string of the molecule is O=C(NO)c1ccc2c(c1)CC1(CC2)CC(=O)N(CC(F)(F)F)C1. The van der Waals surface area contributed by atoms with Gasteiger partial charge in [0.25, 0.3) is 5.91 Å². The molecule has 5 nitrogen and oxygen atoms in total. The average Bonchev–Trinajstić information content (AvgIpc) is 2.79. The van der Waals surface area contributed by atoms with E-state index in [9.17, 15) is 22.8 Å². The molecule has 1 heterocycles. The number of nitrogens with one attached hydrogen (secondary N) is 1. The van der Waals surface area contributed by atoms with Crippen molar-refractivity contribution in [1.29, 1.82) is 0 Å². The molecular weight excluding hydrogens is 325 g/mol. The lowest BCUT2D eigenvalue weighted by Crippen LogP contribution is -2.38. The highest BCUT2D eigenvalue weighted by Crippen LogP contribution is 2.44. The minimum absolute atomic E-state index is 0.0845. The van der Waals surface area contributed by atoms with E-state index >= 15 is 0 Å². The summed E-state index contributed by atoms with van der Waals surface area (Å²) in [5, 5.41) is 8.72. The molecule has 1 aromatic carbocycles. The Morgan fingerprint density at radius 3 is 2.71 bits per heavy atom. The molecule has 1 spiro atoms. The minimum atomic E-state index is -4.40. The number of fused-ring (bicyclic) bond motifs is 1. The van der Waals surface area contributed by atoms with Crippen molar-refractivity contribution in [2.24, 2.45) is 5.41 Å². The van der Waals surface area contributed by atoms with Crippen molar-refractivity contribution in [1.82, 2.24) is 10.4 Å². The number of amides is 2. The van der Waals surface area contributed by atoms with Gasteiger partial charge in [-0.05, 0) is 42.5 Å². The molecule has 3 rings (SSSR count). The molecule has 1 aliphatic heterocycles. The molecule has 1 unspecified atom stereocenters. The van der Waals surface area contributed by atoms with E-state index in [0.717, 1.165) is 16.0 Å². The Bertz CT molecular complexity index is 690. The monoisotopic (exact) mass is 342 g/mol. The first kappa shape index (κ1) is 16.8. The molecule has 1 saturated heterocycles. The Morgan fingerprint density at radius 2 is 2.04 bits per heavy atom. The lowest BCUT2D eigenvalue weighted by molar-refractivity contribution is -0.157. The lowest BCUT2D eigenvalue weighted by Gasteiger charge is -2.34. The number of carbonyl (C=O) groups excluding carboxylic acids is 2. The third-order valence-corrected chi connectivity index (χ3v) is 4.84. The minimum Gasteiger partial charge on any atom is -0.333 e. The van der Waals surface area contributed by atoms with Gasteiger partial charge >= 0.3 is 6.18 Å². The maximum atomic E-state index is 12.6. The van der Waals surface area contributed by atoms with Crippen molar-refractivity contribution in [2.45, 2.75) is 31.9 Å². The molecule has 0 saturated carbocycles. The summed E-state index contributed by atoms with van der Waals surface area (Å²) in [5.74, 6) is -1.11. The topological polar surface area (TPSA) is 69.6 Å². The van der Waals surface area contributed by atoms with Gasteiger partial charge in [0.1, 0.15) is 6.54 Å². The third kappa shape index (κ3) is 3.24. The fraction of sp³-hybridized carbons (Fsp3) is 0.500. The van der Waals surface area contributed by atoms with Gasteiger partial charge in [-0.2, -0.15) is 13.2 Å². The number of hydroxylamine groups is 1. The number of hydrogen-bond donors (Lipinski definition) is 2. The summed E-state index contributed by atoms with van der Waals surface area (Å²) in [7, 11) is 0. The predicted molar refractivity (Wildman–Crippen MR) is 77.4 cm³/mol. The van der Waals surface area contributed by atoms with Crippen molar-refractivity contribution < 1.29 is 28.0 Å². The predicted octanol–water partition coefficient (Wildman–Crippen LogP) is 2.08. The zero-order valence-corrected chi connectivity index (χ0v) is 12.8. The number of halogens is 3. The number of rotatable bonds is 2. The molecule has 0 radical (unpaired) electrons. The molecule has 2 N–H and O–H groups in total. The molecule has 24 heavy (non-hydrogen) atoms. The molecule has 0 bridgehead atoms. The summed E-state index contributed by atoms with van der Waals surface area (Å²) in [4.78, 5) is 24.4. The first-order valence-corrected chi connectivity index (χ1v) is 7.62. The van der Waals surface area contributed by atoms with Gasteiger partial charge in [-0.25, -0.2) is 5.48 Å². The summed E-state index contributed by atoms with van der Waals surface area (Å²) in [6.07, 6.45) is -2.55. The Labute approximate surface area is 136 Å². The summed E-state index contributed by atoms with van der Waals surface area (Å²) in [5.41, 5.74) is 3.21. The quantitative estimate of drug-likeness (QED) is 0.639. The van der Waals surface area contributed by atoms with Gasteiger partial charge in [0.05, 0.1) is 0 Å². The van der Waals surface area contributed by atoms with Crippen LogP contribution in [0.3, 0.4) is 0 Å². The van der Waals surface area contributed by atoms with Gasteiger partial charge in [-0.1, -0.05) is 6.07 Å². The van der Waals surface area contributed by atoms with E-state index in [0.29, 0.717) is 19.3 Å². The largest absolute Gasteiger partial charge is 0.406 e. The molecule has 0 aromatic heterocycles. The van der Waals surface area contributed by atoms with E-state index in [-0.39, 0.29) is 18.5 Å². The number of nitrogens with zero attached hydrogens (tertiary/aromatic N) is 1. The molecule has 1 atom stereocenters. The highest BCUT2D eigenvalue weighted by atomic mass is 19.4. The highest BCUT2D eigenvalue weighted by molar-refractivity contribution is 5.93. The van der Waals surface area contributed by atoms with Gasteiger partial charge in [0, 0.05) is 23.9 Å². The maximum absolute atomic E-state index is 12.6. The average molecular weight is 342 g/mol. The molecule has 2 aliphatic rings. The van der Waals surface area contributed by atoms with E-state index in [2.05, 4.69) is 0 Å². The van der Waals surface area contributed by atoms with Crippen LogP contribution in [0.4, 0.5) is 13.2 Å². The van der Waals surface area contributed by atoms with Crippen molar-refractivity contribution in [3.63, 3.8) is 0 Å². The summed E-state index contributed by atoms with van der Waals surface area (Å²) in [6.45, 7) is -1.13. The van der Waals surface area contributed by atoms with E-state index < -0.39 is 30.0 Å². The first-order chi connectivity index (χ1) is 11.2. The molecule has 8 heteroatoms. The number of alkyl halides is 3. The number of benzene rings is 1. The van der Waals surface area contributed by atoms with Gasteiger partial charge in [-0.3, -0.25) is 14.8 Å². The molecule has 130 valence electrons. The zero-order valence-electron chi connectivity index (χ0n) is 12.8. The van der Waals surface area contributed by atoms with Crippen LogP contribution >= 0.6 is 0 Å². The summed E-state index contributed by atoms with van der Waals surface area (Å²) < 4.78 is 37.8. The molecule has 1 aromatic rings. The van der Waals surface area contributed by atoms with Crippen molar-refractivity contribution in [3.05, 3.63) is 34.9 Å². The number of hydrogen-bond acceptors (Lipinski definition) is 3. The number of likely N-dealkylation sites (tertiary alicyclic amines) is 1. The smallest absolute Gasteiger partial charge is 0.333 e. The van der Waals surface area contributed by atoms with Crippen LogP contribution in [0.5, 0.6) is 0 Å². The van der Waals surface area contributed by atoms with Crippen molar-refractivity contribution in [3.8, 4) is 0 Å². The standard InChI is InChI=1S/C16H17F3N2O3/c17-16(18,19)9-21-8-15(7-13(21)22)4-3-10-1-2-11(14(23)20-24)5-12(10)6-15/h1-2,5,24H,3-4,6-9H2,(H,20,23). The highest BCUT2D eigenvalue weighted by Gasteiger charge is 2.47. The van der Waals surface area contributed by atoms with Crippen LogP contribution in [0.2, 0.25) is 0 Å². The molecule has 1 aliphatic carbocycles. The summed E-state index contributed by atoms with van der Waals surface area (Å²) >= 11 is 0. The molecule has 1 fully saturated rings. The van der Waals surface area contributed by atoms with Crippen LogP contribution < -0.4 is 5.48 Å². The van der Waals surface area contributed by atoms with Crippen LogP contribution in [-0.4, -0.2) is 41.2 Å². The van der Waals surface area contributed by atoms with Crippen LogP contribution in [0.25, 0.3) is 0 Å². The lowest BCUT2D eigenvalue weighted by atomic mass is 9.70. The van der Waals surface area contributed by atoms with Crippen molar-refractivity contribution >= 4 is 11.8 Å². The number of carbonyl (C=O) groups is 2. The maximum Gasteiger partial charge on any atom is 0.406 e. The van der Waals surface area contributed by atoms with E-state index in [1.165, 1.54) is 0 Å². The molecular formula is C16H17F3N2O3. The Kier molecular flexibility index (Phi) is 4.03. The number of aryl methyl sites for hydroxylation is 1. The Hall–Kier alpha value is -2.09. The normalized spacial score (nSPS) is 23.5. The Balaban J connectivity index is 1.81. The second-order valence-electron chi connectivity index (χ2n) is 6.64. The molecule has 2 amide bonds. The summed E-state index contributed by atoms with van der Waals surface area (Å²) in [6, 6.07) is 5.02. The fourth-order valence-electron chi connectivity index (χ4n) is 3.76. The first-order valence-electron chi connectivity index (χ1n) is 7.62. The van der Waals surface area contributed by atoms with Crippen molar-refractivity contribution in [2.75, 3.05) is 13.1 Å². The fourth-order valence-corrected chi connectivity index (χ4v) is 3.76. The van der Waals surface area contributed by atoms with Gasteiger partial charge < -0.3 is 4.90 Å². The zero-order chi connectivity index (χ0) is 17.5. The third-order valence-electron chi connectivity index (χ3n) is 4.84. The van der Waals surface area contributed by atoms with Gasteiger partial charge in [0.2, 0.25) is 5.91 Å². The van der Waals surface area contributed by atoms with Crippen LogP contribution in [-0.2, 0) is 17.6 Å². The van der Waals surface area contributed by atoms with Crippen LogP contribution in [0.15, 0.2) is 18.2 Å². The second-order valence-corrected chi connectivity index (χ2v) is 6.64.